The highest BCUT2D eigenvalue weighted by Gasteiger charge is 2.30. The highest BCUT2D eigenvalue weighted by Crippen LogP contribution is 2.41. The number of carbonyl (C=O) groups excluding carboxylic acids is 1. The Balaban J connectivity index is 2.59. The van der Waals surface area contributed by atoms with Crippen molar-refractivity contribution < 1.29 is 4.79 Å². The first-order chi connectivity index (χ1) is 5.55. The summed E-state index contributed by atoms with van der Waals surface area (Å²) < 4.78 is 0. The molecule has 12 heavy (non-hydrogen) atoms. The summed E-state index contributed by atoms with van der Waals surface area (Å²) in [5, 5.41) is 0. The first kappa shape index (κ1) is 9.54. The first-order valence-electron chi connectivity index (χ1n) is 4.76. The third kappa shape index (κ3) is 2.22. The Morgan fingerprint density at radius 3 is 2.67 bits per heavy atom. The average Bonchev–Trinajstić information content (AvgIpc) is 1.94. The lowest BCUT2D eigenvalue weighted by Crippen LogP contribution is -2.27. The van der Waals surface area contributed by atoms with Gasteiger partial charge in [-0.15, -0.1) is 0 Å². The predicted molar refractivity (Wildman–Crippen MR) is 50.5 cm³/mol. The Morgan fingerprint density at radius 2 is 2.17 bits per heavy atom. The molecule has 2 atom stereocenters. The van der Waals surface area contributed by atoms with Gasteiger partial charge in [-0.1, -0.05) is 20.8 Å². The van der Waals surface area contributed by atoms with Gasteiger partial charge in [0, 0.05) is 6.08 Å². The van der Waals surface area contributed by atoms with Gasteiger partial charge in [-0.25, -0.2) is 4.79 Å². The van der Waals surface area contributed by atoms with E-state index in [2.05, 4.69) is 20.8 Å². The monoisotopic (exact) mass is 166 g/mol. The van der Waals surface area contributed by atoms with Gasteiger partial charge in [-0.3, -0.25) is 0 Å². The standard InChI is InChI=1S/C11H18O/c1-9-8-11(2,3)6-4-10(9)5-7-12/h5,9-10H,4,6,8H2,1-3H3. The van der Waals surface area contributed by atoms with Crippen molar-refractivity contribution in [1.29, 1.82) is 0 Å². The largest absolute Gasteiger partial charge is 0.234 e. The van der Waals surface area contributed by atoms with E-state index in [1.165, 1.54) is 12.8 Å². The topological polar surface area (TPSA) is 17.1 Å². The van der Waals surface area contributed by atoms with Crippen molar-refractivity contribution in [2.24, 2.45) is 17.3 Å². The molecule has 2 unspecified atom stereocenters. The van der Waals surface area contributed by atoms with Crippen LogP contribution in [0, 0.1) is 17.3 Å². The number of hydrogen-bond acceptors (Lipinski definition) is 1. The summed E-state index contributed by atoms with van der Waals surface area (Å²) in [5.41, 5.74) is 0.479. The molecule has 1 saturated carbocycles. The zero-order chi connectivity index (χ0) is 9.19. The lowest BCUT2D eigenvalue weighted by molar-refractivity contribution is 0.154. The van der Waals surface area contributed by atoms with E-state index in [1.807, 2.05) is 5.94 Å². The van der Waals surface area contributed by atoms with Gasteiger partial charge in [-0.05, 0) is 36.5 Å². The lowest BCUT2D eigenvalue weighted by atomic mass is 9.68. The molecule has 1 rings (SSSR count). The van der Waals surface area contributed by atoms with Gasteiger partial charge < -0.3 is 0 Å². The maximum Gasteiger partial charge on any atom is 0.120 e. The van der Waals surface area contributed by atoms with Crippen molar-refractivity contribution in [3.8, 4) is 0 Å². The summed E-state index contributed by atoms with van der Waals surface area (Å²) in [6.07, 6.45) is 5.33. The van der Waals surface area contributed by atoms with Crippen LogP contribution in [0.1, 0.15) is 40.0 Å². The Morgan fingerprint density at radius 1 is 1.50 bits per heavy atom. The van der Waals surface area contributed by atoms with Gasteiger partial charge in [0.05, 0.1) is 0 Å². The summed E-state index contributed by atoms with van der Waals surface area (Å²) in [4.78, 5) is 10.2. The fourth-order valence-electron chi connectivity index (χ4n) is 2.30. The summed E-state index contributed by atoms with van der Waals surface area (Å²) in [7, 11) is 0. The molecule has 1 nitrogen and oxygen atoms in total. The molecule has 0 heterocycles. The van der Waals surface area contributed by atoms with Gasteiger partial charge in [-0.2, -0.15) is 0 Å². The summed E-state index contributed by atoms with van der Waals surface area (Å²) in [6.45, 7) is 6.86. The molecule has 0 amide bonds. The molecule has 0 bridgehead atoms. The van der Waals surface area contributed by atoms with Crippen molar-refractivity contribution >= 4 is 5.94 Å². The van der Waals surface area contributed by atoms with Crippen molar-refractivity contribution in [2.75, 3.05) is 0 Å². The van der Waals surface area contributed by atoms with E-state index in [0.717, 1.165) is 6.42 Å². The molecule has 0 radical (unpaired) electrons. The molecule has 0 N–H and O–H groups in total. The van der Waals surface area contributed by atoms with E-state index < -0.39 is 0 Å². The van der Waals surface area contributed by atoms with E-state index in [4.69, 9.17) is 0 Å². The molecular weight excluding hydrogens is 148 g/mol. The van der Waals surface area contributed by atoms with Crippen LogP contribution in [0.4, 0.5) is 0 Å². The molecule has 0 aromatic heterocycles. The van der Waals surface area contributed by atoms with E-state index >= 15 is 0 Å². The van der Waals surface area contributed by atoms with Gasteiger partial charge in [0.15, 0.2) is 0 Å². The van der Waals surface area contributed by atoms with Crippen molar-refractivity contribution in [3.05, 3.63) is 6.08 Å². The van der Waals surface area contributed by atoms with Crippen LogP contribution in [0.15, 0.2) is 6.08 Å². The Bertz CT molecular complexity index is 199. The maximum absolute atomic E-state index is 10.2. The van der Waals surface area contributed by atoms with Crippen LogP contribution in [0.3, 0.4) is 0 Å². The molecule has 1 aliphatic carbocycles. The van der Waals surface area contributed by atoms with Crippen molar-refractivity contribution in [3.63, 3.8) is 0 Å². The molecule has 1 fully saturated rings. The van der Waals surface area contributed by atoms with Crippen LogP contribution in [0.5, 0.6) is 0 Å². The predicted octanol–water partition coefficient (Wildman–Crippen LogP) is 2.84. The van der Waals surface area contributed by atoms with Gasteiger partial charge in [0.25, 0.3) is 0 Å². The van der Waals surface area contributed by atoms with Crippen molar-refractivity contribution in [1.82, 2.24) is 0 Å². The van der Waals surface area contributed by atoms with E-state index in [1.54, 1.807) is 6.08 Å². The zero-order valence-electron chi connectivity index (χ0n) is 8.26. The van der Waals surface area contributed by atoms with E-state index in [0.29, 0.717) is 17.3 Å². The van der Waals surface area contributed by atoms with Crippen LogP contribution in [-0.2, 0) is 4.79 Å². The molecule has 0 aromatic rings. The second-order valence-corrected chi connectivity index (χ2v) is 4.83. The van der Waals surface area contributed by atoms with Crippen LogP contribution in [0.25, 0.3) is 0 Å². The molecule has 1 heteroatoms. The van der Waals surface area contributed by atoms with Gasteiger partial charge >= 0.3 is 0 Å². The molecule has 0 saturated heterocycles. The average molecular weight is 166 g/mol. The van der Waals surface area contributed by atoms with Gasteiger partial charge in [0.1, 0.15) is 5.94 Å². The third-order valence-electron chi connectivity index (χ3n) is 3.04. The van der Waals surface area contributed by atoms with Crippen molar-refractivity contribution in [2.45, 2.75) is 40.0 Å². The SMILES string of the molecule is CC1CC(C)(C)CCC1C=C=O. The highest BCUT2D eigenvalue weighted by atomic mass is 16.1. The lowest BCUT2D eigenvalue weighted by Gasteiger charge is -2.37. The Labute approximate surface area is 74.9 Å². The van der Waals surface area contributed by atoms with Crippen LogP contribution >= 0.6 is 0 Å². The third-order valence-corrected chi connectivity index (χ3v) is 3.04. The minimum atomic E-state index is 0.479. The second kappa shape index (κ2) is 3.45. The minimum absolute atomic E-state index is 0.479. The molecular formula is C11H18O. The fraction of sp³-hybridized carbons (Fsp3) is 0.818. The smallest absolute Gasteiger partial charge is 0.120 e. The Kier molecular flexibility index (Phi) is 2.74. The maximum atomic E-state index is 10.2. The Hall–Kier alpha value is -0.550. The quantitative estimate of drug-likeness (QED) is 0.547. The van der Waals surface area contributed by atoms with Gasteiger partial charge in [0.2, 0.25) is 0 Å². The molecule has 0 aromatic carbocycles. The summed E-state index contributed by atoms with van der Waals surface area (Å²) >= 11 is 0. The van der Waals surface area contributed by atoms with Crippen LogP contribution in [0.2, 0.25) is 0 Å². The summed E-state index contributed by atoms with van der Waals surface area (Å²) in [5.74, 6) is 3.05. The van der Waals surface area contributed by atoms with E-state index in [9.17, 15) is 4.79 Å². The highest BCUT2D eigenvalue weighted by molar-refractivity contribution is 5.45. The molecule has 0 aliphatic heterocycles. The molecule has 0 spiro atoms. The van der Waals surface area contributed by atoms with Crippen LogP contribution in [-0.4, -0.2) is 5.94 Å². The number of rotatable bonds is 1. The number of allylic oxidation sites excluding steroid dienone is 1. The zero-order valence-corrected chi connectivity index (χ0v) is 8.26. The fourth-order valence-corrected chi connectivity index (χ4v) is 2.30. The summed E-state index contributed by atoms with van der Waals surface area (Å²) in [6, 6.07) is 0. The molecule has 68 valence electrons. The van der Waals surface area contributed by atoms with Crippen LogP contribution < -0.4 is 0 Å². The normalized spacial score (nSPS) is 33.9. The number of hydrogen-bond donors (Lipinski definition) is 0. The second-order valence-electron chi connectivity index (χ2n) is 4.83. The first-order valence-corrected chi connectivity index (χ1v) is 4.76. The van der Waals surface area contributed by atoms with E-state index in [-0.39, 0.29) is 0 Å². The minimum Gasteiger partial charge on any atom is -0.234 e. The molecule has 1 aliphatic rings.